The van der Waals surface area contributed by atoms with Crippen LogP contribution < -0.4 is 0 Å². The van der Waals surface area contributed by atoms with Crippen molar-refractivity contribution in [3.8, 4) is 0 Å². The molecule has 0 aromatic heterocycles. The smallest absolute Gasteiger partial charge is 0.214 e. The molecular formula is C15H14F6FeO3+4. The molecule has 25 heavy (non-hydrogen) atoms. The first kappa shape index (κ1) is 28.7. The van der Waals surface area contributed by atoms with Gasteiger partial charge in [-0.1, -0.05) is 20.5 Å². The van der Waals surface area contributed by atoms with E-state index >= 15 is 0 Å². The van der Waals surface area contributed by atoms with Crippen molar-refractivity contribution in [3.05, 3.63) is 50.1 Å². The second-order valence-electron chi connectivity index (χ2n) is 4.88. The Kier molecular flexibility index (Phi) is 13.2. The van der Waals surface area contributed by atoms with E-state index in [4.69, 9.17) is 9.30 Å². The standard InChI is InChI=1S/C8H9F6O.C5H5.2CO.Fe/c1-5(2)3-4-15-6(5,7(9,10)11)8(12,13)14;1-2-4-5-3-1;2*1-2;/h3H,4H2,1-2H3;1-5H;;;/q2*-1;;;+6. The van der Waals surface area contributed by atoms with E-state index in [1.807, 2.05) is 30.3 Å². The Morgan fingerprint density at radius 3 is 1.40 bits per heavy atom. The summed E-state index contributed by atoms with van der Waals surface area (Å²) in [5.41, 5.74) is -6.21. The summed E-state index contributed by atoms with van der Waals surface area (Å²) in [4.78, 5) is 0. The van der Waals surface area contributed by atoms with E-state index in [0.29, 0.717) is 0 Å². The number of alkyl halides is 6. The molecule has 0 amide bonds. The molecule has 1 aromatic rings. The average Bonchev–Trinajstić information content (AvgIpc) is 3.12. The molecule has 0 atom stereocenters. The molecule has 0 unspecified atom stereocenters. The number of rotatable bonds is 0. The maximum absolute atomic E-state index is 12.5. The molecule has 1 heterocycles. The van der Waals surface area contributed by atoms with Gasteiger partial charge >= 0.3 is 52.0 Å². The van der Waals surface area contributed by atoms with E-state index in [0.717, 1.165) is 20.3 Å². The van der Waals surface area contributed by atoms with Gasteiger partial charge in [0.05, 0.1) is 0 Å². The topological polar surface area (TPSA) is 49.0 Å². The fraction of sp³-hybridized carbons (Fsp3) is 0.467. The van der Waals surface area contributed by atoms with Crippen LogP contribution in [0.5, 0.6) is 0 Å². The molecule has 0 bridgehead atoms. The summed E-state index contributed by atoms with van der Waals surface area (Å²) < 4.78 is 94.2. The Bertz CT molecular complexity index is 452. The predicted molar refractivity (Wildman–Crippen MR) is 68.8 cm³/mol. The van der Waals surface area contributed by atoms with E-state index in [-0.39, 0.29) is 17.1 Å². The van der Waals surface area contributed by atoms with Gasteiger partial charge in [-0.2, -0.15) is 44.5 Å². The van der Waals surface area contributed by atoms with Crippen molar-refractivity contribution >= 4 is 0 Å². The first-order valence-electron chi connectivity index (χ1n) is 6.15. The fourth-order valence-corrected chi connectivity index (χ4v) is 2.08. The molecule has 0 N–H and O–H groups in total. The van der Waals surface area contributed by atoms with Gasteiger partial charge in [-0.05, 0) is 0 Å². The summed E-state index contributed by atoms with van der Waals surface area (Å²) in [5.74, 6) is 0. The van der Waals surface area contributed by atoms with Crippen molar-refractivity contribution in [2.45, 2.75) is 31.8 Å². The normalized spacial score (nSPS) is 17.1. The summed E-state index contributed by atoms with van der Waals surface area (Å²) in [7, 11) is 0. The first-order valence-corrected chi connectivity index (χ1v) is 6.15. The van der Waals surface area contributed by atoms with Crippen LogP contribution in [0.15, 0.2) is 30.3 Å². The second-order valence-corrected chi connectivity index (χ2v) is 4.88. The third-order valence-corrected chi connectivity index (χ3v) is 3.15. The van der Waals surface area contributed by atoms with Gasteiger partial charge in [-0.3, -0.25) is 6.42 Å². The van der Waals surface area contributed by atoms with Gasteiger partial charge in [0.2, 0.25) is 5.60 Å². The van der Waals surface area contributed by atoms with Gasteiger partial charge in [-0.25, -0.2) is 12.1 Å². The molecular weight excluding hydrogens is 398 g/mol. The Hall–Kier alpha value is -1.11. The van der Waals surface area contributed by atoms with Crippen LogP contribution in [-0.4, -0.2) is 24.6 Å². The largest absolute Gasteiger partial charge is 6.00 e. The predicted octanol–water partition coefficient (Wildman–Crippen LogP) is 4.44. The molecule has 1 aliphatic rings. The molecule has 0 aliphatic carbocycles. The van der Waals surface area contributed by atoms with Crippen LogP contribution in [0.1, 0.15) is 13.8 Å². The van der Waals surface area contributed by atoms with Crippen LogP contribution >= 0.6 is 0 Å². The van der Waals surface area contributed by atoms with Gasteiger partial charge in [0, 0.05) is 0 Å². The van der Waals surface area contributed by atoms with Crippen LogP contribution in [0.25, 0.3) is 0 Å². The number of hydrogen-bond donors (Lipinski definition) is 0. The number of hydrogen-bond acceptors (Lipinski definition) is 1. The van der Waals surface area contributed by atoms with Crippen LogP contribution in [0, 0.1) is 25.1 Å². The molecule has 1 aliphatic heterocycles. The minimum absolute atomic E-state index is 0. The number of ether oxygens (including phenoxy) is 1. The van der Waals surface area contributed by atoms with Crippen molar-refractivity contribution in [2.75, 3.05) is 6.61 Å². The third kappa shape index (κ3) is 6.60. The minimum Gasteiger partial charge on any atom is -0.214 e. The quantitative estimate of drug-likeness (QED) is 0.269. The Balaban J connectivity index is -0.000000404. The molecule has 3 nitrogen and oxygen atoms in total. The molecule has 1 aromatic carbocycles. The van der Waals surface area contributed by atoms with Gasteiger partial charge in [-0.15, -0.1) is 5.41 Å². The zero-order chi connectivity index (χ0) is 19.7. The van der Waals surface area contributed by atoms with Crippen LogP contribution in [0.3, 0.4) is 0 Å². The zero-order valence-electron chi connectivity index (χ0n) is 13.0. The number of halogens is 6. The van der Waals surface area contributed by atoms with Crippen molar-refractivity contribution in [1.29, 1.82) is 0 Å². The molecule has 10 heteroatoms. The molecule has 0 radical (unpaired) electrons. The third-order valence-electron chi connectivity index (χ3n) is 3.15. The molecule has 138 valence electrons. The van der Waals surface area contributed by atoms with E-state index in [9.17, 15) is 26.3 Å². The van der Waals surface area contributed by atoms with E-state index in [2.05, 4.69) is 18.0 Å². The second kappa shape index (κ2) is 11.5. The molecule has 0 spiro atoms. The van der Waals surface area contributed by atoms with Crippen molar-refractivity contribution in [2.24, 2.45) is 5.41 Å². The van der Waals surface area contributed by atoms with Crippen LogP contribution in [-0.2, 0) is 31.1 Å². The van der Waals surface area contributed by atoms with Gasteiger partial charge in [0.15, 0.2) is 0 Å². The Morgan fingerprint density at radius 1 is 0.920 bits per heavy atom. The molecule has 0 saturated carbocycles. The van der Waals surface area contributed by atoms with Crippen molar-refractivity contribution in [3.63, 3.8) is 0 Å². The van der Waals surface area contributed by atoms with Crippen molar-refractivity contribution in [1.82, 2.24) is 0 Å². The maximum Gasteiger partial charge on any atom is 6.00 e. The van der Waals surface area contributed by atoms with Gasteiger partial charge in [0.1, 0.15) is 0 Å². The first-order chi connectivity index (χ1) is 11.0. The Morgan fingerprint density at radius 2 is 1.28 bits per heavy atom. The average molecular weight is 412 g/mol. The summed E-state index contributed by atoms with van der Waals surface area (Å²) in [5, 5.41) is 0. The Labute approximate surface area is 152 Å². The monoisotopic (exact) mass is 412 g/mol. The summed E-state index contributed by atoms with van der Waals surface area (Å²) in [6.45, 7) is 10.1. The van der Waals surface area contributed by atoms with E-state index < -0.39 is 30.0 Å². The van der Waals surface area contributed by atoms with Gasteiger partial charge < -0.3 is 4.74 Å². The minimum atomic E-state index is -5.48. The molecule has 2 rings (SSSR count). The zero-order valence-corrected chi connectivity index (χ0v) is 14.1. The molecule has 1 saturated heterocycles. The summed E-state index contributed by atoms with van der Waals surface area (Å²) in [6, 6.07) is 10.0. The fourth-order valence-electron chi connectivity index (χ4n) is 2.08. The van der Waals surface area contributed by atoms with Crippen LogP contribution in [0.4, 0.5) is 26.3 Å². The summed E-state index contributed by atoms with van der Waals surface area (Å²) >= 11 is 0. The summed E-state index contributed by atoms with van der Waals surface area (Å²) in [6.07, 6.45) is -10.1. The van der Waals surface area contributed by atoms with Gasteiger partial charge in [0.25, 0.3) is 0 Å². The SMILES string of the molecule is CC1(C)[CH-]COC1(C(F)(F)F)C(F)(F)F.[C-]#[O+].[C-]#[O+].[Fe+6].c1cc[cH-]c1. The van der Waals surface area contributed by atoms with Crippen LogP contribution in [0.2, 0.25) is 0 Å². The van der Waals surface area contributed by atoms with E-state index in [1.165, 1.54) is 0 Å². The molecule has 1 fully saturated rings. The maximum atomic E-state index is 12.5. The van der Waals surface area contributed by atoms with Crippen molar-refractivity contribution < 1.29 is 57.5 Å². The van der Waals surface area contributed by atoms with E-state index in [1.54, 1.807) is 0 Å².